The fourth-order valence-electron chi connectivity index (χ4n) is 5.49. The number of piperazine rings is 1. The first-order valence-electron chi connectivity index (χ1n) is 13.7. The fraction of sp³-hybridized carbons (Fsp3) is 0.258. The number of anilines is 3. The van der Waals surface area contributed by atoms with Crippen LogP contribution >= 0.6 is 0 Å². The standard InChI is InChI=1S/C31H28N8O3/c1-4-5-28(40)39-11-10-38-15-21(39)16-41-27-14-24-29(36-31(27)38)30(33-17-32-24)35-20-6-9-26(19(2)12-20)42-22-7-8-25-23(13-22)34-18-37(25)3/h6-9,12-14,17-18,21H,10-11,15-16H2,1-3H3,(H,32,33,35)/t21-/m0/s1. The molecule has 1 fully saturated rings. The van der Waals surface area contributed by atoms with Crippen LogP contribution in [0, 0.1) is 18.8 Å². The summed E-state index contributed by atoms with van der Waals surface area (Å²) in [4.78, 5) is 34.8. The van der Waals surface area contributed by atoms with E-state index in [0.717, 1.165) is 39.6 Å². The molecule has 1 amide bonds. The molecule has 1 atom stereocenters. The molecule has 2 aliphatic heterocycles. The van der Waals surface area contributed by atoms with Crippen LogP contribution in [0.1, 0.15) is 12.5 Å². The molecule has 2 aliphatic rings. The van der Waals surface area contributed by atoms with Crippen molar-refractivity contribution in [1.29, 1.82) is 0 Å². The zero-order valence-electron chi connectivity index (χ0n) is 23.5. The second-order valence-electron chi connectivity index (χ2n) is 10.4. The number of benzene rings is 2. The molecule has 1 N–H and O–H groups in total. The number of nitrogens with zero attached hydrogens (tertiary/aromatic N) is 7. The van der Waals surface area contributed by atoms with E-state index in [1.807, 2.05) is 61.0 Å². The van der Waals surface area contributed by atoms with Crippen LogP contribution in [0.2, 0.25) is 0 Å². The smallest absolute Gasteiger partial charge is 0.298 e. The zero-order valence-corrected chi connectivity index (χ0v) is 23.5. The minimum absolute atomic E-state index is 0.109. The number of nitrogens with one attached hydrogen (secondary N) is 1. The highest BCUT2D eigenvalue weighted by Crippen LogP contribution is 2.36. The van der Waals surface area contributed by atoms with Crippen molar-refractivity contribution >= 4 is 45.3 Å². The number of carbonyl (C=O) groups excluding carboxylic acids is 1. The van der Waals surface area contributed by atoms with Gasteiger partial charge in [0.15, 0.2) is 17.4 Å². The molecule has 5 aromatic rings. The Morgan fingerprint density at radius 2 is 2.00 bits per heavy atom. The Balaban J connectivity index is 1.14. The summed E-state index contributed by atoms with van der Waals surface area (Å²) in [6, 6.07) is 13.6. The van der Waals surface area contributed by atoms with Crippen molar-refractivity contribution in [1.82, 2.24) is 29.4 Å². The van der Waals surface area contributed by atoms with E-state index in [4.69, 9.17) is 14.5 Å². The summed E-state index contributed by atoms with van der Waals surface area (Å²) in [5.74, 6) is 8.62. The number of aryl methyl sites for hydroxylation is 2. The number of ether oxygens (including phenoxy) is 2. The molecule has 5 heterocycles. The number of rotatable bonds is 4. The number of hydrogen-bond donors (Lipinski definition) is 1. The predicted octanol–water partition coefficient (Wildman–Crippen LogP) is 4.19. The van der Waals surface area contributed by atoms with Gasteiger partial charge < -0.3 is 29.2 Å². The lowest BCUT2D eigenvalue weighted by atomic mass is 10.1. The Bertz CT molecular complexity index is 1920. The van der Waals surface area contributed by atoms with E-state index < -0.39 is 0 Å². The molecule has 11 nitrogen and oxygen atoms in total. The SMILES string of the molecule is CC#CC(=O)N1CCN2C[C@H]1COc1cc3ncnc(Nc4ccc(Oc5ccc6c(c5)ncn6C)c(C)c4)c3nc12. The predicted molar refractivity (Wildman–Crippen MR) is 159 cm³/mol. The average Bonchev–Trinajstić information content (AvgIpc) is 3.30. The third-order valence-electron chi connectivity index (χ3n) is 7.63. The normalized spacial score (nSPS) is 15.8. The van der Waals surface area contributed by atoms with E-state index in [2.05, 4.69) is 37.0 Å². The van der Waals surface area contributed by atoms with Crippen LogP contribution < -0.4 is 19.7 Å². The summed E-state index contributed by atoms with van der Waals surface area (Å²) in [6.07, 6.45) is 3.30. The van der Waals surface area contributed by atoms with Gasteiger partial charge in [0.25, 0.3) is 5.91 Å². The Morgan fingerprint density at radius 3 is 2.86 bits per heavy atom. The van der Waals surface area contributed by atoms with Crippen LogP contribution in [0.3, 0.4) is 0 Å². The topological polar surface area (TPSA) is 111 Å². The quantitative estimate of drug-likeness (QED) is 0.324. The molecule has 7 rings (SSSR count). The summed E-state index contributed by atoms with van der Waals surface area (Å²) in [7, 11) is 1.97. The van der Waals surface area contributed by atoms with Crippen molar-refractivity contribution in [2.24, 2.45) is 7.05 Å². The Hall–Kier alpha value is -5.37. The van der Waals surface area contributed by atoms with Crippen LogP contribution in [-0.2, 0) is 11.8 Å². The Labute approximate surface area is 242 Å². The summed E-state index contributed by atoms with van der Waals surface area (Å²) in [5, 5.41) is 3.41. The van der Waals surface area contributed by atoms with Crippen LogP contribution in [-0.4, -0.2) is 67.6 Å². The van der Waals surface area contributed by atoms with Crippen molar-refractivity contribution in [3.63, 3.8) is 0 Å². The fourth-order valence-corrected chi connectivity index (χ4v) is 5.49. The molecular formula is C31H28N8O3. The van der Waals surface area contributed by atoms with Gasteiger partial charge in [-0.1, -0.05) is 5.92 Å². The number of fused-ring (bicyclic) bond motifs is 6. The highest BCUT2D eigenvalue weighted by molar-refractivity contribution is 5.94. The minimum Gasteiger partial charge on any atom is -0.487 e. The van der Waals surface area contributed by atoms with E-state index >= 15 is 0 Å². The maximum Gasteiger partial charge on any atom is 0.298 e. The van der Waals surface area contributed by atoms with Crippen molar-refractivity contribution in [3.8, 4) is 29.1 Å². The van der Waals surface area contributed by atoms with Gasteiger partial charge in [-0.05, 0) is 55.7 Å². The van der Waals surface area contributed by atoms with Gasteiger partial charge in [0.2, 0.25) is 0 Å². The molecule has 1 saturated heterocycles. The highest BCUT2D eigenvalue weighted by Gasteiger charge is 2.35. The molecule has 42 heavy (non-hydrogen) atoms. The van der Waals surface area contributed by atoms with E-state index in [0.29, 0.717) is 48.8 Å². The van der Waals surface area contributed by atoms with Gasteiger partial charge in [0.1, 0.15) is 29.9 Å². The van der Waals surface area contributed by atoms with Crippen molar-refractivity contribution < 1.29 is 14.3 Å². The summed E-state index contributed by atoms with van der Waals surface area (Å²) < 4.78 is 14.3. The molecule has 11 heteroatoms. The number of pyridine rings is 1. The van der Waals surface area contributed by atoms with E-state index in [9.17, 15) is 4.79 Å². The van der Waals surface area contributed by atoms with Crippen LogP contribution in [0.4, 0.5) is 17.3 Å². The third-order valence-corrected chi connectivity index (χ3v) is 7.63. The molecule has 2 bridgehead atoms. The van der Waals surface area contributed by atoms with Gasteiger partial charge in [-0.3, -0.25) is 4.79 Å². The number of aromatic nitrogens is 5. The third kappa shape index (κ3) is 4.56. The lowest BCUT2D eigenvalue weighted by Crippen LogP contribution is -2.56. The van der Waals surface area contributed by atoms with Gasteiger partial charge in [-0.2, -0.15) is 0 Å². The van der Waals surface area contributed by atoms with Crippen molar-refractivity contribution in [2.45, 2.75) is 19.9 Å². The molecule has 0 saturated carbocycles. The summed E-state index contributed by atoms with van der Waals surface area (Å²) >= 11 is 0. The maximum absolute atomic E-state index is 12.5. The van der Waals surface area contributed by atoms with Crippen molar-refractivity contribution in [3.05, 3.63) is 60.7 Å². The molecule has 2 aromatic carbocycles. The highest BCUT2D eigenvalue weighted by atomic mass is 16.5. The number of carbonyl (C=O) groups is 1. The molecule has 0 spiro atoms. The molecule has 0 unspecified atom stereocenters. The summed E-state index contributed by atoms with van der Waals surface area (Å²) in [5.41, 5.74) is 5.03. The monoisotopic (exact) mass is 560 g/mol. The molecular weight excluding hydrogens is 532 g/mol. The second-order valence-corrected chi connectivity index (χ2v) is 10.4. The number of imidazole rings is 1. The van der Waals surface area contributed by atoms with Crippen LogP contribution in [0.5, 0.6) is 17.2 Å². The van der Waals surface area contributed by atoms with Gasteiger partial charge >= 0.3 is 0 Å². The molecule has 210 valence electrons. The van der Waals surface area contributed by atoms with Gasteiger partial charge in [-0.25, -0.2) is 19.9 Å². The second kappa shape index (κ2) is 10.2. The number of amides is 1. The molecule has 0 radical (unpaired) electrons. The van der Waals surface area contributed by atoms with E-state index in [-0.39, 0.29) is 11.9 Å². The lowest BCUT2D eigenvalue weighted by molar-refractivity contribution is -0.128. The minimum atomic E-state index is -0.173. The van der Waals surface area contributed by atoms with E-state index in [1.54, 1.807) is 18.2 Å². The number of hydrogen-bond acceptors (Lipinski definition) is 9. The van der Waals surface area contributed by atoms with Crippen LogP contribution in [0.25, 0.3) is 22.1 Å². The van der Waals surface area contributed by atoms with Gasteiger partial charge in [0, 0.05) is 44.5 Å². The Morgan fingerprint density at radius 1 is 1.10 bits per heavy atom. The Kier molecular flexibility index (Phi) is 6.23. The first-order chi connectivity index (χ1) is 20.5. The van der Waals surface area contributed by atoms with E-state index in [1.165, 1.54) is 6.33 Å². The molecule has 0 aliphatic carbocycles. The largest absolute Gasteiger partial charge is 0.487 e. The maximum atomic E-state index is 12.5. The van der Waals surface area contributed by atoms with Crippen LogP contribution in [0.15, 0.2) is 55.1 Å². The van der Waals surface area contributed by atoms with Gasteiger partial charge in [-0.15, -0.1) is 0 Å². The van der Waals surface area contributed by atoms with Crippen molar-refractivity contribution in [2.75, 3.05) is 36.5 Å². The average molecular weight is 561 g/mol. The first kappa shape index (κ1) is 25.6. The summed E-state index contributed by atoms with van der Waals surface area (Å²) in [6.45, 7) is 5.84. The molecule has 3 aromatic heterocycles. The lowest BCUT2D eigenvalue weighted by Gasteiger charge is -2.38. The van der Waals surface area contributed by atoms with Gasteiger partial charge in [0.05, 0.1) is 28.9 Å². The first-order valence-corrected chi connectivity index (χ1v) is 13.7. The zero-order chi connectivity index (χ0) is 28.8.